The summed E-state index contributed by atoms with van der Waals surface area (Å²) in [5.74, 6) is -0.309. The number of benzene rings is 1. The van der Waals surface area contributed by atoms with Crippen molar-refractivity contribution >= 4 is 5.91 Å². The third-order valence-electron chi connectivity index (χ3n) is 3.36. The molecule has 2 nitrogen and oxygen atoms in total. The number of likely N-dealkylation sites (tertiary alicyclic amines) is 1. The van der Waals surface area contributed by atoms with Gasteiger partial charge >= 0.3 is 0 Å². The molecule has 0 N–H and O–H groups in total. The normalized spacial score (nSPS) is 12.9. The lowest BCUT2D eigenvalue weighted by Crippen LogP contribution is -2.36. The van der Waals surface area contributed by atoms with Crippen molar-refractivity contribution in [2.24, 2.45) is 0 Å². The average molecular weight is 317 g/mol. The van der Waals surface area contributed by atoms with Crippen LogP contribution in [0.15, 0.2) is 61.2 Å². The van der Waals surface area contributed by atoms with Gasteiger partial charge in [0.05, 0.1) is 0 Å². The predicted octanol–water partition coefficient (Wildman–Crippen LogP) is 5.39. The molecule has 1 aliphatic heterocycles. The van der Waals surface area contributed by atoms with E-state index in [1.54, 1.807) is 24.3 Å². The highest BCUT2D eigenvalue weighted by Gasteiger charge is 2.19. The number of halogens is 1. The van der Waals surface area contributed by atoms with Gasteiger partial charge in [-0.3, -0.25) is 4.79 Å². The fourth-order valence-corrected chi connectivity index (χ4v) is 2.06. The van der Waals surface area contributed by atoms with E-state index in [9.17, 15) is 9.18 Å². The van der Waals surface area contributed by atoms with Gasteiger partial charge in [0.2, 0.25) is 0 Å². The fraction of sp³-hybridized carbons (Fsp3) is 0.350. The zero-order valence-electron chi connectivity index (χ0n) is 14.5. The topological polar surface area (TPSA) is 20.3 Å². The molecule has 0 spiro atoms. The largest absolute Gasteiger partial charge is 0.338 e. The molecular formula is C20H28FNO. The summed E-state index contributed by atoms with van der Waals surface area (Å²) in [6.45, 7) is 14.3. The van der Waals surface area contributed by atoms with Gasteiger partial charge in [-0.25, -0.2) is 4.39 Å². The first-order valence-corrected chi connectivity index (χ1v) is 8.04. The van der Waals surface area contributed by atoms with Crippen LogP contribution in [0, 0.1) is 5.82 Å². The van der Waals surface area contributed by atoms with E-state index in [1.165, 1.54) is 17.7 Å². The number of nitrogens with zero attached hydrogens (tertiary/aromatic N) is 1. The third-order valence-corrected chi connectivity index (χ3v) is 3.36. The quantitative estimate of drug-likeness (QED) is 0.529. The summed E-state index contributed by atoms with van der Waals surface area (Å²) >= 11 is 0. The summed E-state index contributed by atoms with van der Waals surface area (Å²) in [4.78, 5) is 13.9. The van der Waals surface area contributed by atoms with Gasteiger partial charge in [0.15, 0.2) is 0 Å². The van der Waals surface area contributed by atoms with Crippen molar-refractivity contribution in [1.82, 2.24) is 4.90 Å². The third kappa shape index (κ3) is 7.59. The van der Waals surface area contributed by atoms with Crippen molar-refractivity contribution in [1.29, 1.82) is 0 Å². The minimum Gasteiger partial charge on any atom is -0.338 e. The Morgan fingerprint density at radius 2 is 1.57 bits per heavy atom. The van der Waals surface area contributed by atoms with E-state index in [0.717, 1.165) is 25.9 Å². The summed E-state index contributed by atoms with van der Waals surface area (Å²) in [5.41, 5.74) is 1.98. The molecule has 3 heteroatoms. The van der Waals surface area contributed by atoms with E-state index in [4.69, 9.17) is 0 Å². The molecule has 1 aromatic rings. The Labute approximate surface area is 140 Å². The van der Waals surface area contributed by atoms with Crippen LogP contribution in [0.3, 0.4) is 0 Å². The van der Waals surface area contributed by atoms with Crippen LogP contribution < -0.4 is 0 Å². The van der Waals surface area contributed by atoms with Gasteiger partial charge in [0.25, 0.3) is 5.91 Å². The lowest BCUT2D eigenvalue weighted by molar-refractivity contribution is 0.0743. The molecule has 0 radical (unpaired) electrons. The molecule has 0 saturated carbocycles. The molecule has 0 aromatic heterocycles. The second-order valence-corrected chi connectivity index (χ2v) is 4.72. The van der Waals surface area contributed by atoms with Crippen LogP contribution >= 0.6 is 0 Å². The molecule has 0 bridgehead atoms. The summed E-state index contributed by atoms with van der Waals surface area (Å²) in [6.07, 6.45) is 7.30. The van der Waals surface area contributed by atoms with E-state index < -0.39 is 0 Å². The molecule has 1 aliphatic rings. The molecule has 1 amide bonds. The highest BCUT2D eigenvalue weighted by Crippen LogP contribution is 2.18. The van der Waals surface area contributed by atoms with Crippen LogP contribution in [0.4, 0.5) is 4.39 Å². The second-order valence-electron chi connectivity index (χ2n) is 4.72. The SMILES string of the molecule is C=CC=C.CC.CC=C1CCN(C(=O)c2ccc(F)cc2)CC1. The maximum absolute atomic E-state index is 12.8. The van der Waals surface area contributed by atoms with Crippen LogP contribution in [0.2, 0.25) is 0 Å². The number of hydrogen-bond acceptors (Lipinski definition) is 1. The van der Waals surface area contributed by atoms with Crippen molar-refractivity contribution in [3.05, 3.63) is 72.6 Å². The van der Waals surface area contributed by atoms with Crippen LogP contribution in [0.5, 0.6) is 0 Å². The van der Waals surface area contributed by atoms with Crippen LogP contribution in [0.25, 0.3) is 0 Å². The molecular weight excluding hydrogens is 289 g/mol. The smallest absolute Gasteiger partial charge is 0.253 e. The maximum atomic E-state index is 12.8. The lowest BCUT2D eigenvalue weighted by Gasteiger charge is -2.28. The molecule has 2 rings (SSSR count). The standard InChI is InChI=1S/C14H16FNO.C4H6.C2H6/c1-2-11-7-9-16(10-8-11)14(17)12-3-5-13(15)6-4-12;1-3-4-2;1-2/h2-6H,7-10H2,1H3;3-4H,1-2H2;1-2H3. The zero-order chi connectivity index (χ0) is 17.7. The van der Waals surface area contributed by atoms with Crippen molar-refractivity contribution < 1.29 is 9.18 Å². The number of allylic oxidation sites excluding steroid dienone is 3. The van der Waals surface area contributed by atoms with Gasteiger partial charge < -0.3 is 4.90 Å². The molecule has 1 fully saturated rings. The lowest BCUT2D eigenvalue weighted by atomic mass is 10.0. The van der Waals surface area contributed by atoms with Crippen LogP contribution in [-0.2, 0) is 0 Å². The van der Waals surface area contributed by atoms with Gasteiger partial charge in [0, 0.05) is 18.7 Å². The van der Waals surface area contributed by atoms with Gasteiger partial charge in [-0.1, -0.05) is 50.8 Å². The molecule has 1 heterocycles. The summed E-state index contributed by atoms with van der Waals surface area (Å²) in [6, 6.07) is 5.74. The Morgan fingerprint density at radius 3 is 1.96 bits per heavy atom. The number of rotatable bonds is 2. The number of piperidine rings is 1. The Balaban J connectivity index is 0.000000705. The van der Waals surface area contributed by atoms with E-state index >= 15 is 0 Å². The summed E-state index contributed by atoms with van der Waals surface area (Å²) in [5, 5.41) is 0. The molecule has 1 aromatic carbocycles. The Bertz CT molecular complexity index is 501. The Hall–Kier alpha value is -2.16. The zero-order valence-corrected chi connectivity index (χ0v) is 14.5. The number of carbonyl (C=O) groups is 1. The van der Waals surface area contributed by atoms with Crippen molar-refractivity contribution in [2.75, 3.05) is 13.1 Å². The summed E-state index contributed by atoms with van der Waals surface area (Å²) < 4.78 is 12.8. The number of hydrogen-bond donors (Lipinski definition) is 0. The molecule has 0 unspecified atom stereocenters. The van der Waals surface area contributed by atoms with E-state index in [2.05, 4.69) is 19.2 Å². The Kier molecular flexibility index (Phi) is 11.2. The minimum atomic E-state index is -0.309. The van der Waals surface area contributed by atoms with Crippen LogP contribution in [-0.4, -0.2) is 23.9 Å². The Morgan fingerprint density at radius 1 is 1.09 bits per heavy atom. The van der Waals surface area contributed by atoms with Crippen LogP contribution in [0.1, 0.15) is 44.0 Å². The summed E-state index contributed by atoms with van der Waals surface area (Å²) in [7, 11) is 0. The predicted molar refractivity (Wildman–Crippen MR) is 97.0 cm³/mol. The average Bonchev–Trinajstić information content (AvgIpc) is 2.63. The van der Waals surface area contributed by atoms with Gasteiger partial charge in [-0.2, -0.15) is 0 Å². The number of amides is 1. The number of carbonyl (C=O) groups excluding carboxylic acids is 1. The van der Waals surface area contributed by atoms with Crippen molar-refractivity contribution in [3.63, 3.8) is 0 Å². The second kappa shape index (κ2) is 12.4. The highest BCUT2D eigenvalue weighted by atomic mass is 19.1. The minimum absolute atomic E-state index is 0.000142. The molecule has 0 aliphatic carbocycles. The molecule has 0 atom stereocenters. The molecule has 126 valence electrons. The van der Waals surface area contributed by atoms with E-state index in [-0.39, 0.29) is 11.7 Å². The van der Waals surface area contributed by atoms with Crippen molar-refractivity contribution in [2.45, 2.75) is 33.6 Å². The first-order chi connectivity index (χ1) is 11.1. The highest BCUT2D eigenvalue weighted by molar-refractivity contribution is 5.94. The first-order valence-electron chi connectivity index (χ1n) is 8.04. The van der Waals surface area contributed by atoms with Crippen molar-refractivity contribution in [3.8, 4) is 0 Å². The fourth-order valence-electron chi connectivity index (χ4n) is 2.06. The van der Waals surface area contributed by atoms with E-state index in [0.29, 0.717) is 5.56 Å². The van der Waals surface area contributed by atoms with Gasteiger partial charge in [-0.15, -0.1) is 0 Å². The van der Waals surface area contributed by atoms with Gasteiger partial charge in [0.1, 0.15) is 5.82 Å². The first kappa shape index (κ1) is 20.8. The molecule has 23 heavy (non-hydrogen) atoms. The molecule has 1 saturated heterocycles. The maximum Gasteiger partial charge on any atom is 0.253 e. The van der Waals surface area contributed by atoms with E-state index in [1.807, 2.05) is 25.7 Å². The van der Waals surface area contributed by atoms with Gasteiger partial charge in [-0.05, 0) is 44.0 Å². The monoisotopic (exact) mass is 317 g/mol.